The molecule has 0 saturated heterocycles. The lowest BCUT2D eigenvalue weighted by atomic mass is 10.2. The van der Waals surface area contributed by atoms with Crippen molar-refractivity contribution in [2.45, 2.75) is 6.54 Å². The number of pyridine rings is 1. The van der Waals surface area contributed by atoms with Gasteiger partial charge in [-0.3, -0.25) is 9.67 Å². The van der Waals surface area contributed by atoms with E-state index in [0.29, 0.717) is 18.1 Å². The first-order chi connectivity index (χ1) is 8.16. The first kappa shape index (κ1) is 11.1. The molecule has 7 heteroatoms. The number of aromatic carboxylic acids is 1. The number of aromatic nitrogens is 4. The normalized spacial score (nSPS) is 10.2. The van der Waals surface area contributed by atoms with Crippen molar-refractivity contribution in [1.82, 2.24) is 19.7 Å². The average Bonchev–Trinajstić information content (AvgIpc) is 2.73. The lowest BCUT2D eigenvalue weighted by molar-refractivity contribution is 0.0697. The zero-order chi connectivity index (χ0) is 12.3. The van der Waals surface area contributed by atoms with Crippen LogP contribution in [0, 0.1) is 0 Å². The van der Waals surface area contributed by atoms with Crippen LogP contribution in [0.15, 0.2) is 24.8 Å². The predicted octanol–water partition coefficient (Wildman–Crippen LogP) is 0.520. The van der Waals surface area contributed by atoms with E-state index in [4.69, 9.17) is 5.11 Å². The van der Waals surface area contributed by atoms with Gasteiger partial charge in [-0.1, -0.05) is 0 Å². The summed E-state index contributed by atoms with van der Waals surface area (Å²) in [6.45, 7) is 0.366. The maximum absolute atomic E-state index is 10.9. The maximum atomic E-state index is 10.9. The molecule has 0 aliphatic heterocycles. The zero-order valence-corrected chi connectivity index (χ0v) is 9.16. The van der Waals surface area contributed by atoms with Crippen molar-refractivity contribution < 1.29 is 9.90 Å². The van der Waals surface area contributed by atoms with Crippen LogP contribution in [0.1, 0.15) is 16.2 Å². The molecule has 0 aromatic carbocycles. The molecule has 0 bridgehead atoms. The lowest BCUT2D eigenvalue weighted by Crippen LogP contribution is -2.08. The number of carboxylic acids is 1. The van der Waals surface area contributed by atoms with Gasteiger partial charge in [-0.15, -0.1) is 0 Å². The van der Waals surface area contributed by atoms with E-state index < -0.39 is 5.97 Å². The third kappa shape index (κ3) is 2.57. The molecule has 17 heavy (non-hydrogen) atoms. The molecule has 0 spiro atoms. The van der Waals surface area contributed by atoms with Gasteiger partial charge in [-0.25, -0.2) is 9.78 Å². The Balaban J connectivity index is 2.11. The summed E-state index contributed by atoms with van der Waals surface area (Å²) in [5.41, 5.74) is 0.628. The van der Waals surface area contributed by atoms with E-state index in [9.17, 15) is 4.79 Å². The van der Waals surface area contributed by atoms with Gasteiger partial charge in [0.05, 0.1) is 12.2 Å². The number of nitrogens with zero attached hydrogens (tertiary/aromatic N) is 4. The number of carbonyl (C=O) groups is 1. The summed E-state index contributed by atoms with van der Waals surface area (Å²) in [5.74, 6) is -0.421. The first-order valence-electron chi connectivity index (χ1n) is 4.92. The smallest absolute Gasteiger partial charge is 0.339 e. The summed E-state index contributed by atoms with van der Waals surface area (Å²) in [4.78, 5) is 18.7. The third-order valence-corrected chi connectivity index (χ3v) is 2.14. The van der Waals surface area contributed by atoms with Crippen molar-refractivity contribution in [3.8, 4) is 0 Å². The van der Waals surface area contributed by atoms with Crippen molar-refractivity contribution in [3.63, 3.8) is 0 Å². The van der Waals surface area contributed by atoms with Gasteiger partial charge in [0.25, 0.3) is 0 Å². The molecule has 2 rings (SSSR count). The van der Waals surface area contributed by atoms with Crippen LogP contribution >= 0.6 is 0 Å². The molecule has 0 saturated carbocycles. The quantitative estimate of drug-likeness (QED) is 0.799. The van der Waals surface area contributed by atoms with Crippen LogP contribution < -0.4 is 5.32 Å². The van der Waals surface area contributed by atoms with Crippen molar-refractivity contribution in [1.29, 1.82) is 0 Å². The topological polar surface area (TPSA) is 92.9 Å². The van der Waals surface area contributed by atoms with Gasteiger partial charge in [0.2, 0.25) is 0 Å². The van der Waals surface area contributed by atoms with Crippen LogP contribution in [0.2, 0.25) is 0 Å². The minimum Gasteiger partial charge on any atom is -0.478 e. The minimum absolute atomic E-state index is 0.128. The summed E-state index contributed by atoms with van der Waals surface area (Å²) < 4.78 is 1.58. The number of anilines is 1. The van der Waals surface area contributed by atoms with E-state index in [1.54, 1.807) is 24.1 Å². The van der Waals surface area contributed by atoms with Crippen molar-refractivity contribution in [2.24, 2.45) is 7.05 Å². The van der Waals surface area contributed by atoms with E-state index in [-0.39, 0.29) is 5.56 Å². The molecule has 0 amide bonds. The molecule has 2 heterocycles. The SMILES string of the molecule is Cn1cnc(CNc2ccncc2C(=O)O)n1. The fourth-order valence-electron chi connectivity index (χ4n) is 1.36. The third-order valence-electron chi connectivity index (χ3n) is 2.14. The molecule has 7 nitrogen and oxygen atoms in total. The minimum atomic E-state index is -1.02. The van der Waals surface area contributed by atoms with E-state index >= 15 is 0 Å². The van der Waals surface area contributed by atoms with Crippen molar-refractivity contribution in [3.05, 3.63) is 36.2 Å². The fourth-order valence-corrected chi connectivity index (χ4v) is 1.36. The molecule has 0 aliphatic rings. The summed E-state index contributed by atoms with van der Waals surface area (Å²) in [5, 5.41) is 16.0. The van der Waals surface area contributed by atoms with Crippen molar-refractivity contribution in [2.75, 3.05) is 5.32 Å². The zero-order valence-electron chi connectivity index (χ0n) is 9.16. The molecule has 0 radical (unpaired) electrons. The van der Waals surface area contributed by atoms with Crippen LogP contribution in [0.3, 0.4) is 0 Å². The first-order valence-corrected chi connectivity index (χ1v) is 4.92. The van der Waals surface area contributed by atoms with Gasteiger partial charge in [0.15, 0.2) is 5.82 Å². The van der Waals surface area contributed by atoms with E-state index in [1.165, 1.54) is 12.4 Å². The highest BCUT2D eigenvalue weighted by molar-refractivity contribution is 5.93. The van der Waals surface area contributed by atoms with E-state index in [2.05, 4.69) is 20.4 Å². The summed E-state index contributed by atoms with van der Waals surface area (Å²) in [6.07, 6.45) is 4.42. The van der Waals surface area contributed by atoms with Crippen LogP contribution in [0.25, 0.3) is 0 Å². The lowest BCUT2D eigenvalue weighted by Gasteiger charge is -2.06. The Kier molecular flexibility index (Phi) is 2.99. The van der Waals surface area contributed by atoms with Crippen LogP contribution in [-0.2, 0) is 13.6 Å². The highest BCUT2D eigenvalue weighted by Gasteiger charge is 2.09. The fraction of sp³-hybridized carbons (Fsp3) is 0.200. The van der Waals surface area contributed by atoms with Crippen LogP contribution in [-0.4, -0.2) is 30.8 Å². The molecule has 0 fully saturated rings. The molecule has 0 unspecified atom stereocenters. The maximum Gasteiger partial charge on any atom is 0.339 e. The Bertz CT molecular complexity index is 537. The summed E-state index contributed by atoms with van der Waals surface area (Å²) in [7, 11) is 1.77. The van der Waals surface area contributed by atoms with Gasteiger partial charge < -0.3 is 10.4 Å². The number of hydrogen-bond acceptors (Lipinski definition) is 5. The number of hydrogen-bond donors (Lipinski definition) is 2. The molecular formula is C10H11N5O2. The number of rotatable bonds is 4. The summed E-state index contributed by atoms with van der Waals surface area (Å²) >= 11 is 0. The molecular weight excluding hydrogens is 222 g/mol. The molecule has 2 aromatic rings. The number of aryl methyl sites for hydroxylation is 1. The van der Waals surface area contributed by atoms with Gasteiger partial charge in [-0.2, -0.15) is 5.10 Å². The Labute approximate surface area is 97.1 Å². The van der Waals surface area contributed by atoms with Gasteiger partial charge >= 0.3 is 5.97 Å². The van der Waals surface area contributed by atoms with Crippen LogP contribution in [0.4, 0.5) is 5.69 Å². The predicted molar refractivity (Wildman–Crippen MR) is 59.5 cm³/mol. The van der Waals surface area contributed by atoms with Gasteiger partial charge in [0, 0.05) is 19.4 Å². The molecule has 2 N–H and O–H groups in total. The molecule has 88 valence electrons. The van der Waals surface area contributed by atoms with Gasteiger partial charge in [0.1, 0.15) is 11.9 Å². The highest BCUT2D eigenvalue weighted by atomic mass is 16.4. The second kappa shape index (κ2) is 4.60. The Morgan fingerprint density at radius 1 is 1.59 bits per heavy atom. The van der Waals surface area contributed by atoms with E-state index in [1.807, 2.05) is 0 Å². The second-order valence-electron chi connectivity index (χ2n) is 3.41. The highest BCUT2D eigenvalue weighted by Crippen LogP contribution is 2.13. The Morgan fingerprint density at radius 3 is 3.06 bits per heavy atom. The summed E-state index contributed by atoms with van der Waals surface area (Å²) in [6, 6.07) is 1.60. The molecule has 0 aliphatic carbocycles. The Hall–Kier alpha value is -2.44. The standard InChI is InChI=1S/C10H11N5O2/c1-15-6-13-9(14-15)5-12-8-2-3-11-4-7(8)10(16)17/h2-4,6H,5H2,1H3,(H,11,12)(H,16,17). The Morgan fingerprint density at radius 2 is 2.41 bits per heavy atom. The second-order valence-corrected chi connectivity index (χ2v) is 3.41. The number of nitrogens with one attached hydrogen (secondary N) is 1. The molecule has 2 aromatic heterocycles. The van der Waals surface area contributed by atoms with Crippen LogP contribution in [0.5, 0.6) is 0 Å². The van der Waals surface area contributed by atoms with Gasteiger partial charge in [-0.05, 0) is 6.07 Å². The van der Waals surface area contributed by atoms with Crippen molar-refractivity contribution >= 4 is 11.7 Å². The number of carboxylic acid groups (broad SMARTS) is 1. The van der Waals surface area contributed by atoms with E-state index in [0.717, 1.165) is 0 Å². The largest absolute Gasteiger partial charge is 0.478 e. The monoisotopic (exact) mass is 233 g/mol. The molecule has 0 atom stereocenters. The average molecular weight is 233 g/mol.